The number of primary sulfonamides is 1. The van der Waals surface area contributed by atoms with Crippen LogP contribution in [-0.2, 0) is 21.4 Å². The maximum Gasteiger partial charge on any atom is 0.251 e. The van der Waals surface area contributed by atoms with Crippen molar-refractivity contribution in [2.45, 2.75) is 35.2 Å². The Kier molecular flexibility index (Phi) is 5.77. The molecule has 0 saturated heterocycles. The van der Waals surface area contributed by atoms with Crippen LogP contribution in [0, 0.1) is 0 Å². The molecular weight excluding hydrogens is 340 g/mol. The lowest BCUT2D eigenvalue weighted by Crippen LogP contribution is -2.15. The van der Waals surface area contributed by atoms with Crippen molar-refractivity contribution in [1.29, 1.82) is 0 Å². The van der Waals surface area contributed by atoms with Gasteiger partial charge in [-0.3, -0.25) is 13.9 Å². The highest BCUT2D eigenvalue weighted by Gasteiger charge is 2.34. The third-order valence-electron chi connectivity index (χ3n) is 2.59. The molecule has 0 bridgehead atoms. The van der Waals surface area contributed by atoms with Gasteiger partial charge in [0.25, 0.3) is 10.0 Å². The lowest BCUT2D eigenvalue weighted by atomic mass is 10.3. The Hall–Kier alpha value is -0.690. The van der Waals surface area contributed by atoms with Crippen molar-refractivity contribution in [3.63, 3.8) is 0 Å². The van der Waals surface area contributed by atoms with Gasteiger partial charge in [0, 0.05) is 18.5 Å². The van der Waals surface area contributed by atoms with E-state index in [-0.39, 0.29) is 22.7 Å². The van der Waals surface area contributed by atoms with Crippen molar-refractivity contribution in [1.82, 2.24) is 5.32 Å². The van der Waals surface area contributed by atoms with E-state index in [1.54, 1.807) is 6.92 Å². The Morgan fingerprint density at radius 2 is 1.86 bits per heavy atom. The highest BCUT2D eigenvalue weighted by Crippen LogP contribution is 2.58. The molecule has 0 atom stereocenters. The largest absolute Gasteiger partial charge is 0.505 e. The molecule has 1 heterocycles. The van der Waals surface area contributed by atoms with Gasteiger partial charge in [0.05, 0.1) is 0 Å². The molecule has 0 aromatic carbocycles. The summed E-state index contributed by atoms with van der Waals surface area (Å²) in [7, 11) is -8.08. The van der Waals surface area contributed by atoms with E-state index in [0.29, 0.717) is 17.9 Å². The summed E-state index contributed by atoms with van der Waals surface area (Å²) >= 11 is 0.407. The number of carbonyl (C=O) groups excluding carboxylic acids is 1. The predicted molar refractivity (Wildman–Crippen MR) is 81.2 cm³/mol. The van der Waals surface area contributed by atoms with Crippen LogP contribution in [0.15, 0.2) is 8.42 Å². The molecule has 8 nitrogen and oxygen atoms in total. The highest BCUT2D eigenvalue weighted by molar-refractivity contribution is 8.37. The number of hydrogen-bond donors (Lipinski definition) is 5. The minimum absolute atomic E-state index is 0.0173. The summed E-state index contributed by atoms with van der Waals surface area (Å²) in [6.45, 7) is 3.71. The molecule has 122 valence electrons. The number of rotatable bonds is 6. The zero-order valence-electron chi connectivity index (χ0n) is 11.5. The summed E-state index contributed by atoms with van der Waals surface area (Å²) in [6, 6.07) is 0. The van der Waals surface area contributed by atoms with E-state index in [0.717, 1.165) is 0 Å². The third kappa shape index (κ3) is 3.74. The van der Waals surface area contributed by atoms with Crippen LogP contribution in [0.1, 0.15) is 25.8 Å². The van der Waals surface area contributed by atoms with Gasteiger partial charge in [-0.2, -0.15) is 0 Å². The molecule has 21 heavy (non-hydrogen) atoms. The summed E-state index contributed by atoms with van der Waals surface area (Å²) in [5, 5.41) is 17.0. The van der Waals surface area contributed by atoms with Gasteiger partial charge in [0.15, 0.2) is 9.96 Å². The monoisotopic (exact) mass is 358 g/mol. The Labute approximate surface area is 128 Å². The van der Waals surface area contributed by atoms with Gasteiger partial charge < -0.3 is 10.4 Å². The number of hydrogen-bond acceptors (Lipinski definition) is 8. The Bertz CT molecular complexity index is 637. The molecule has 0 amide bonds. The number of aromatic hydroxyl groups is 1. The zero-order chi connectivity index (χ0) is 16.4. The molecule has 0 saturated carbocycles. The van der Waals surface area contributed by atoms with Crippen LogP contribution in [0.2, 0.25) is 0 Å². The van der Waals surface area contributed by atoms with Gasteiger partial charge in [-0.15, -0.1) is 11.3 Å². The first kappa shape index (κ1) is 18.4. The van der Waals surface area contributed by atoms with E-state index in [2.05, 4.69) is 5.32 Å². The van der Waals surface area contributed by atoms with Crippen molar-refractivity contribution in [3.05, 3.63) is 5.56 Å². The maximum absolute atomic E-state index is 11.7. The summed E-state index contributed by atoms with van der Waals surface area (Å²) in [6.07, 6.45) is -0.133. The quantitative estimate of drug-likeness (QED) is 0.513. The van der Waals surface area contributed by atoms with Crippen LogP contribution >= 0.6 is 21.9 Å². The molecule has 0 fully saturated rings. The minimum Gasteiger partial charge on any atom is -0.505 e. The average molecular weight is 358 g/mol. The standard InChI is InChI=1S/C10H18N2O6S3/c1-3-7(13)20(15,16)9-6(5-12-4-2)8(14)10(19-9)21(11,17)18/h12,14-16H,3-5H2,1-2H3,(H2,11,17,18). The number of nitrogens with two attached hydrogens (primary N) is 1. The lowest BCUT2D eigenvalue weighted by Gasteiger charge is -2.29. The van der Waals surface area contributed by atoms with Gasteiger partial charge >= 0.3 is 0 Å². The van der Waals surface area contributed by atoms with Crippen molar-refractivity contribution < 1.29 is 27.4 Å². The first-order valence-corrected chi connectivity index (χ1v) is 9.87. The summed E-state index contributed by atoms with van der Waals surface area (Å²) in [5.74, 6) is -0.651. The van der Waals surface area contributed by atoms with Crippen molar-refractivity contribution in [3.8, 4) is 5.75 Å². The van der Waals surface area contributed by atoms with Gasteiger partial charge in [-0.05, 0) is 6.54 Å². The first-order valence-electron chi connectivity index (χ1n) is 5.96. The summed E-state index contributed by atoms with van der Waals surface area (Å²) < 4.78 is 42.1. The summed E-state index contributed by atoms with van der Waals surface area (Å²) in [4.78, 5) is 11.7. The molecule has 0 aliphatic heterocycles. The Morgan fingerprint density at radius 1 is 1.29 bits per heavy atom. The van der Waals surface area contributed by atoms with E-state index in [9.17, 15) is 27.4 Å². The third-order valence-corrected chi connectivity index (χ3v) is 7.69. The van der Waals surface area contributed by atoms with Gasteiger partial charge in [-0.25, -0.2) is 13.6 Å². The number of sulfonamides is 1. The molecule has 1 aromatic heterocycles. The van der Waals surface area contributed by atoms with Crippen molar-refractivity contribution >= 4 is 37.1 Å². The van der Waals surface area contributed by atoms with E-state index in [1.165, 1.54) is 6.92 Å². The van der Waals surface area contributed by atoms with E-state index in [1.807, 2.05) is 0 Å². The molecule has 6 N–H and O–H groups in total. The molecule has 0 aliphatic rings. The molecule has 11 heteroatoms. The fraction of sp³-hybridized carbons (Fsp3) is 0.500. The first-order chi connectivity index (χ1) is 9.57. The lowest BCUT2D eigenvalue weighted by molar-refractivity contribution is -0.112. The van der Waals surface area contributed by atoms with Crippen LogP contribution in [0.3, 0.4) is 0 Å². The highest BCUT2D eigenvalue weighted by atomic mass is 32.3. The second-order valence-corrected chi connectivity index (χ2v) is 9.10. The SMILES string of the molecule is CCNCc1c(S(O)(O)C(=O)CC)sc(S(N)(=O)=O)c1O. The smallest absolute Gasteiger partial charge is 0.251 e. The molecule has 0 spiro atoms. The van der Waals surface area contributed by atoms with Crippen molar-refractivity contribution in [2.24, 2.45) is 5.14 Å². The number of nitrogens with one attached hydrogen (secondary N) is 1. The zero-order valence-corrected chi connectivity index (χ0v) is 13.9. The molecule has 1 aromatic rings. The molecule has 0 radical (unpaired) electrons. The number of thiophene rings is 1. The van der Waals surface area contributed by atoms with Crippen LogP contribution in [0.25, 0.3) is 0 Å². The second-order valence-electron chi connectivity index (χ2n) is 4.10. The second kappa shape index (κ2) is 6.60. The van der Waals surface area contributed by atoms with Gasteiger partial charge in [-0.1, -0.05) is 24.4 Å². The average Bonchev–Trinajstić information content (AvgIpc) is 2.72. The summed E-state index contributed by atoms with van der Waals surface area (Å²) in [5.41, 5.74) is -0.0346. The minimum atomic E-state index is -4.23. The Morgan fingerprint density at radius 3 is 2.29 bits per heavy atom. The van der Waals surface area contributed by atoms with Crippen molar-refractivity contribution in [2.75, 3.05) is 6.54 Å². The van der Waals surface area contributed by atoms with Gasteiger partial charge in [0.1, 0.15) is 4.21 Å². The molecule has 0 unspecified atom stereocenters. The Balaban J connectivity index is 3.53. The van der Waals surface area contributed by atoms with Gasteiger partial charge in [0.2, 0.25) is 5.12 Å². The fourth-order valence-corrected chi connectivity index (χ4v) is 5.61. The normalized spacial score (nSPS) is 13.4. The molecular formula is C10H18N2O6S3. The van der Waals surface area contributed by atoms with Crippen LogP contribution in [-0.4, -0.2) is 34.3 Å². The fourth-order valence-electron chi connectivity index (χ4n) is 1.55. The van der Waals surface area contributed by atoms with E-state index >= 15 is 0 Å². The maximum atomic E-state index is 11.7. The predicted octanol–water partition coefficient (Wildman–Crippen LogP) is 1.26. The van der Waals surface area contributed by atoms with Crippen LogP contribution in [0.5, 0.6) is 5.75 Å². The van der Waals surface area contributed by atoms with E-state index in [4.69, 9.17) is 5.14 Å². The van der Waals surface area contributed by atoms with Crippen LogP contribution in [0.4, 0.5) is 0 Å². The van der Waals surface area contributed by atoms with E-state index < -0.39 is 35.7 Å². The molecule has 0 aliphatic carbocycles. The number of carbonyl (C=O) groups is 1. The van der Waals surface area contributed by atoms with Crippen LogP contribution < -0.4 is 10.5 Å². The topological polar surface area (TPSA) is 150 Å². The molecule has 1 rings (SSSR count).